The molecule has 1 aromatic heterocycles. The van der Waals surface area contributed by atoms with Crippen LogP contribution in [0.5, 0.6) is 0 Å². The highest BCUT2D eigenvalue weighted by Gasteiger charge is 2.17. The smallest absolute Gasteiger partial charge is 0.136 e. The van der Waals surface area contributed by atoms with E-state index in [1.165, 1.54) is 44.2 Å². The number of benzene rings is 9. The van der Waals surface area contributed by atoms with Gasteiger partial charge in [-0.2, -0.15) is 0 Å². The van der Waals surface area contributed by atoms with Gasteiger partial charge < -0.3 is 9.32 Å². The van der Waals surface area contributed by atoms with Crippen LogP contribution in [0.1, 0.15) is 0 Å². The van der Waals surface area contributed by atoms with Crippen molar-refractivity contribution in [3.63, 3.8) is 0 Å². The first kappa shape index (κ1) is 31.6. The van der Waals surface area contributed by atoms with E-state index < -0.39 is 0 Å². The zero-order valence-corrected chi connectivity index (χ0v) is 29.6. The van der Waals surface area contributed by atoms with Gasteiger partial charge in [-0.05, 0) is 104 Å². The molecular formula is C52H35NO. The molecule has 0 aliphatic rings. The lowest BCUT2D eigenvalue weighted by Gasteiger charge is -2.26. The van der Waals surface area contributed by atoms with Gasteiger partial charge in [0.15, 0.2) is 0 Å². The predicted molar refractivity (Wildman–Crippen MR) is 228 cm³/mol. The SMILES string of the molecule is c1ccc(-c2ccc(-c3ccc(N(c4ccc(-c5cccc6ccccc56)cc4)c4cccc(-c5cccc6oc7ccccc7c56)c4)cc3)cc2)cc1. The van der Waals surface area contributed by atoms with Crippen LogP contribution in [-0.2, 0) is 0 Å². The maximum absolute atomic E-state index is 6.27. The second kappa shape index (κ2) is 13.4. The molecule has 0 aliphatic heterocycles. The topological polar surface area (TPSA) is 16.4 Å². The molecule has 254 valence electrons. The van der Waals surface area contributed by atoms with Crippen LogP contribution in [0.3, 0.4) is 0 Å². The van der Waals surface area contributed by atoms with E-state index >= 15 is 0 Å². The van der Waals surface area contributed by atoms with E-state index in [1.807, 2.05) is 12.1 Å². The Morgan fingerprint density at radius 2 is 0.796 bits per heavy atom. The summed E-state index contributed by atoms with van der Waals surface area (Å²) in [5.74, 6) is 0. The molecule has 1 heterocycles. The molecule has 0 aliphatic carbocycles. The van der Waals surface area contributed by atoms with Gasteiger partial charge >= 0.3 is 0 Å². The summed E-state index contributed by atoms with van der Waals surface area (Å²) in [5.41, 5.74) is 14.6. The number of hydrogen-bond acceptors (Lipinski definition) is 2. The highest BCUT2D eigenvalue weighted by atomic mass is 16.3. The summed E-state index contributed by atoms with van der Waals surface area (Å²) in [6.07, 6.45) is 0. The van der Waals surface area contributed by atoms with E-state index in [0.29, 0.717) is 0 Å². The molecule has 0 bridgehead atoms. The first-order valence-corrected chi connectivity index (χ1v) is 18.4. The molecule has 0 amide bonds. The fourth-order valence-electron chi connectivity index (χ4n) is 7.83. The minimum absolute atomic E-state index is 0.896. The van der Waals surface area contributed by atoms with Gasteiger partial charge in [-0.15, -0.1) is 0 Å². The number of hydrogen-bond donors (Lipinski definition) is 0. The number of para-hydroxylation sites is 1. The third-order valence-corrected chi connectivity index (χ3v) is 10.5. The Kier molecular flexibility index (Phi) is 7.85. The van der Waals surface area contributed by atoms with Gasteiger partial charge in [0.2, 0.25) is 0 Å². The first-order chi connectivity index (χ1) is 26.8. The number of fused-ring (bicyclic) bond motifs is 4. The molecule has 0 unspecified atom stereocenters. The number of furan rings is 1. The number of anilines is 3. The lowest BCUT2D eigenvalue weighted by atomic mass is 9.97. The molecule has 0 N–H and O–H groups in total. The Hall–Kier alpha value is -7.16. The minimum atomic E-state index is 0.896. The van der Waals surface area contributed by atoms with Gasteiger partial charge in [-0.25, -0.2) is 0 Å². The summed E-state index contributed by atoms with van der Waals surface area (Å²) < 4.78 is 6.27. The van der Waals surface area contributed by atoms with Crippen LogP contribution < -0.4 is 4.90 Å². The van der Waals surface area contributed by atoms with Gasteiger partial charge in [0.1, 0.15) is 11.2 Å². The zero-order chi connectivity index (χ0) is 35.8. The van der Waals surface area contributed by atoms with Crippen LogP contribution in [0, 0.1) is 0 Å². The van der Waals surface area contributed by atoms with Crippen molar-refractivity contribution >= 4 is 49.8 Å². The molecule has 0 fully saturated rings. The first-order valence-electron chi connectivity index (χ1n) is 18.4. The Morgan fingerprint density at radius 1 is 0.296 bits per heavy atom. The maximum Gasteiger partial charge on any atom is 0.136 e. The molecule has 2 heteroatoms. The molecule has 0 radical (unpaired) electrons. The summed E-state index contributed by atoms with van der Waals surface area (Å²) in [5, 5.41) is 4.76. The van der Waals surface area contributed by atoms with E-state index in [9.17, 15) is 0 Å². The zero-order valence-electron chi connectivity index (χ0n) is 29.6. The largest absolute Gasteiger partial charge is 0.456 e. The fraction of sp³-hybridized carbons (Fsp3) is 0. The molecule has 54 heavy (non-hydrogen) atoms. The third-order valence-electron chi connectivity index (χ3n) is 10.5. The average Bonchev–Trinajstić information content (AvgIpc) is 3.64. The van der Waals surface area contributed by atoms with Gasteiger partial charge in [0.25, 0.3) is 0 Å². The van der Waals surface area contributed by atoms with Crippen LogP contribution in [0.15, 0.2) is 217 Å². The quantitative estimate of drug-likeness (QED) is 0.166. The molecule has 10 aromatic rings. The van der Waals surface area contributed by atoms with E-state index in [0.717, 1.165) is 50.1 Å². The molecule has 10 rings (SSSR count). The van der Waals surface area contributed by atoms with Crippen molar-refractivity contribution in [1.29, 1.82) is 0 Å². The van der Waals surface area contributed by atoms with E-state index in [-0.39, 0.29) is 0 Å². The Balaban J connectivity index is 1.06. The van der Waals surface area contributed by atoms with Crippen molar-refractivity contribution < 1.29 is 4.42 Å². The molecule has 0 saturated heterocycles. The van der Waals surface area contributed by atoms with Crippen molar-refractivity contribution in [2.75, 3.05) is 4.90 Å². The second-order valence-corrected chi connectivity index (χ2v) is 13.7. The van der Waals surface area contributed by atoms with Gasteiger partial charge in [0, 0.05) is 27.8 Å². The van der Waals surface area contributed by atoms with E-state index in [2.05, 4.69) is 205 Å². The Bertz CT molecular complexity index is 2900. The highest BCUT2D eigenvalue weighted by Crippen LogP contribution is 2.41. The van der Waals surface area contributed by atoms with Crippen LogP contribution in [-0.4, -0.2) is 0 Å². The van der Waals surface area contributed by atoms with Crippen LogP contribution in [0.4, 0.5) is 17.1 Å². The third kappa shape index (κ3) is 5.71. The highest BCUT2D eigenvalue weighted by molar-refractivity contribution is 6.12. The van der Waals surface area contributed by atoms with E-state index in [1.54, 1.807) is 0 Å². The fourth-order valence-corrected chi connectivity index (χ4v) is 7.83. The molecule has 0 saturated carbocycles. The van der Waals surface area contributed by atoms with Crippen molar-refractivity contribution in [3.05, 3.63) is 212 Å². The summed E-state index contributed by atoms with van der Waals surface area (Å²) in [6.45, 7) is 0. The van der Waals surface area contributed by atoms with Crippen molar-refractivity contribution in [2.45, 2.75) is 0 Å². The van der Waals surface area contributed by atoms with Crippen molar-refractivity contribution in [3.8, 4) is 44.5 Å². The maximum atomic E-state index is 6.27. The lowest BCUT2D eigenvalue weighted by Crippen LogP contribution is -2.10. The normalized spacial score (nSPS) is 11.3. The molecule has 0 atom stereocenters. The summed E-state index contributed by atoms with van der Waals surface area (Å²) in [6, 6.07) is 75.9. The Morgan fingerprint density at radius 3 is 1.54 bits per heavy atom. The second-order valence-electron chi connectivity index (χ2n) is 13.7. The number of nitrogens with zero attached hydrogens (tertiary/aromatic N) is 1. The molecule has 9 aromatic carbocycles. The van der Waals surface area contributed by atoms with Crippen LogP contribution >= 0.6 is 0 Å². The van der Waals surface area contributed by atoms with Crippen LogP contribution in [0.25, 0.3) is 77.2 Å². The minimum Gasteiger partial charge on any atom is -0.456 e. The van der Waals surface area contributed by atoms with Gasteiger partial charge in [0.05, 0.1) is 0 Å². The summed E-state index contributed by atoms with van der Waals surface area (Å²) in [7, 11) is 0. The van der Waals surface area contributed by atoms with E-state index in [4.69, 9.17) is 4.42 Å². The standard InChI is InChI=1S/C52H35NO/c1-2-11-36(12-3-1)37-23-25-38(26-24-37)39-27-31-43(32-28-39)53(44-33-29-41(30-34-44)47-19-9-14-40-13-4-5-17-46(40)47)45-16-8-15-42(35-45)48-20-10-22-51-52(48)49-18-6-7-21-50(49)54-51/h1-35H. The van der Waals surface area contributed by atoms with Crippen molar-refractivity contribution in [2.24, 2.45) is 0 Å². The Labute approximate surface area is 314 Å². The predicted octanol–water partition coefficient (Wildman–Crippen LogP) is 14.9. The monoisotopic (exact) mass is 689 g/mol. The molecule has 0 spiro atoms. The summed E-state index contributed by atoms with van der Waals surface area (Å²) in [4.78, 5) is 2.35. The molecule has 2 nitrogen and oxygen atoms in total. The summed E-state index contributed by atoms with van der Waals surface area (Å²) >= 11 is 0. The van der Waals surface area contributed by atoms with Crippen LogP contribution in [0.2, 0.25) is 0 Å². The van der Waals surface area contributed by atoms with Gasteiger partial charge in [-0.1, -0.05) is 164 Å². The lowest BCUT2D eigenvalue weighted by molar-refractivity contribution is 0.669. The molecular weight excluding hydrogens is 655 g/mol. The number of rotatable bonds is 7. The van der Waals surface area contributed by atoms with Crippen molar-refractivity contribution in [1.82, 2.24) is 0 Å². The average molecular weight is 690 g/mol. The van der Waals surface area contributed by atoms with Gasteiger partial charge in [-0.3, -0.25) is 0 Å².